The van der Waals surface area contributed by atoms with Crippen LogP contribution in [0.4, 0.5) is 0 Å². The second-order valence-electron chi connectivity index (χ2n) is 5.01. The summed E-state index contributed by atoms with van der Waals surface area (Å²) in [5.74, 6) is 0. The Morgan fingerprint density at radius 2 is 1.88 bits per heavy atom. The standard InChI is InChI=1S/C13H15.2CH3.Hf/c1-3-6-12-10(2)9-11-7-4-5-8-13(11)12;;;/h4-5,7-9H,3,6H2,1-2H3;2*1H3;. The van der Waals surface area contributed by atoms with Gasteiger partial charge in [-0.05, 0) is 0 Å². The van der Waals surface area contributed by atoms with E-state index in [2.05, 4.69) is 47.5 Å². The van der Waals surface area contributed by atoms with Crippen molar-refractivity contribution in [1.29, 1.82) is 0 Å². The Hall–Kier alpha value is -0.170. The third-order valence-electron chi connectivity index (χ3n) is 3.58. The SMILES string of the molecule is CCCC1=C(C)[CH]([Hf]([CH3])[CH3])c2ccccc21. The molecular weight excluding hydrogens is 359 g/mol. The molecule has 1 aromatic rings. The van der Waals surface area contributed by atoms with Crippen molar-refractivity contribution in [2.45, 2.75) is 39.7 Å². The summed E-state index contributed by atoms with van der Waals surface area (Å²) in [4.78, 5) is 0. The molecule has 0 N–H and O–H groups in total. The molecular formula is C15H21Hf. The van der Waals surface area contributed by atoms with Crippen LogP contribution >= 0.6 is 0 Å². The first-order valence-electron chi connectivity index (χ1n) is 6.25. The first-order chi connectivity index (χ1) is 7.66. The predicted octanol–water partition coefficient (Wildman–Crippen LogP) is 5.03. The zero-order chi connectivity index (χ0) is 11.7. The second-order valence-corrected chi connectivity index (χ2v) is 14.8. The minimum absolute atomic E-state index is 0.864. The van der Waals surface area contributed by atoms with Crippen LogP contribution in [0.5, 0.6) is 0 Å². The fourth-order valence-electron chi connectivity index (χ4n) is 2.97. The molecule has 1 aliphatic carbocycles. The van der Waals surface area contributed by atoms with E-state index in [-0.39, 0.29) is 0 Å². The predicted molar refractivity (Wildman–Crippen MR) is 68.4 cm³/mol. The molecule has 0 bridgehead atoms. The van der Waals surface area contributed by atoms with Gasteiger partial charge in [-0.15, -0.1) is 0 Å². The van der Waals surface area contributed by atoms with Crippen LogP contribution in [-0.2, 0) is 21.4 Å². The van der Waals surface area contributed by atoms with E-state index in [1.165, 1.54) is 12.8 Å². The minimum atomic E-state index is -1.36. The summed E-state index contributed by atoms with van der Waals surface area (Å²) in [6.45, 7) is 4.67. The average Bonchev–Trinajstić information content (AvgIpc) is 2.53. The molecule has 0 saturated heterocycles. The van der Waals surface area contributed by atoms with Crippen LogP contribution in [0.15, 0.2) is 29.8 Å². The summed E-state index contributed by atoms with van der Waals surface area (Å²) in [7, 11) is 0. The summed E-state index contributed by atoms with van der Waals surface area (Å²) < 4.78 is 5.96. The van der Waals surface area contributed by atoms with Crippen molar-refractivity contribution >= 4 is 5.57 Å². The molecule has 1 aliphatic rings. The van der Waals surface area contributed by atoms with Crippen molar-refractivity contribution in [2.24, 2.45) is 0 Å². The van der Waals surface area contributed by atoms with E-state index in [4.69, 9.17) is 0 Å². The topological polar surface area (TPSA) is 0 Å². The summed E-state index contributed by atoms with van der Waals surface area (Å²) in [5.41, 5.74) is 6.58. The van der Waals surface area contributed by atoms with Gasteiger partial charge in [0.05, 0.1) is 0 Å². The molecule has 0 heterocycles. The Kier molecular flexibility index (Phi) is 3.84. The number of rotatable bonds is 3. The van der Waals surface area contributed by atoms with Gasteiger partial charge in [0.2, 0.25) is 0 Å². The quantitative estimate of drug-likeness (QED) is 0.646. The molecule has 85 valence electrons. The number of fused-ring (bicyclic) bond motifs is 1. The molecule has 0 aromatic heterocycles. The van der Waals surface area contributed by atoms with Crippen LogP contribution < -0.4 is 0 Å². The van der Waals surface area contributed by atoms with E-state index in [0.717, 1.165) is 3.67 Å². The van der Waals surface area contributed by atoms with Crippen LogP contribution in [0.2, 0.25) is 9.36 Å². The van der Waals surface area contributed by atoms with Gasteiger partial charge < -0.3 is 0 Å². The van der Waals surface area contributed by atoms with Gasteiger partial charge in [-0.3, -0.25) is 0 Å². The van der Waals surface area contributed by atoms with Crippen molar-refractivity contribution < 1.29 is 21.4 Å². The van der Waals surface area contributed by atoms with E-state index in [1.807, 2.05) is 0 Å². The fourth-order valence-corrected chi connectivity index (χ4v) is 9.85. The zero-order valence-electron chi connectivity index (χ0n) is 10.8. The molecule has 1 unspecified atom stereocenters. The third-order valence-corrected chi connectivity index (χ3v) is 10.4. The van der Waals surface area contributed by atoms with Crippen LogP contribution in [0.3, 0.4) is 0 Å². The number of allylic oxidation sites excluding steroid dienone is 2. The fraction of sp³-hybridized carbons (Fsp3) is 0.467. The van der Waals surface area contributed by atoms with Gasteiger partial charge >= 0.3 is 108 Å². The monoisotopic (exact) mass is 381 g/mol. The van der Waals surface area contributed by atoms with Crippen LogP contribution in [-0.4, -0.2) is 0 Å². The number of hydrogen-bond donors (Lipinski definition) is 0. The summed E-state index contributed by atoms with van der Waals surface area (Å²) in [6.07, 6.45) is 2.53. The van der Waals surface area contributed by atoms with Crippen LogP contribution in [0.25, 0.3) is 5.57 Å². The van der Waals surface area contributed by atoms with Crippen LogP contribution in [0.1, 0.15) is 41.5 Å². The van der Waals surface area contributed by atoms with Gasteiger partial charge in [-0.25, -0.2) is 0 Å². The van der Waals surface area contributed by atoms with E-state index in [1.54, 1.807) is 22.3 Å². The van der Waals surface area contributed by atoms with Gasteiger partial charge in [0, 0.05) is 0 Å². The Morgan fingerprint density at radius 3 is 2.50 bits per heavy atom. The molecule has 1 aromatic carbocycles. The summed E-state index contributed by atoms with van der Waals surface area (Å²) in [5, 5.41) is 0. The van der Waals surface area contributed by atoms with Gasteiger partial charge in [0.15, 0.2) is 0 Å². The van der Waals surface area contributed by atoms with Gasteiger partial charge in [0.1, 0.15) is 0 Å². The molecule has 2 rings (SSSR count). The van der Waals surface area contributed by atoms with Crippen molar-refractivity contribution in [2.75, 3.05) is 0 Å². The Labute approximate surface area is 107 Å². The Morgan fingerprint density at radius 1 is 1.19 bits per heavy atom. The van der Waals surface area contributed by atoms with E-state index < -0.39 is 21.4 Å². The first kappa shape index (κ1) is 12.3. The first-order valence-corrected chi connectivity index (χ1v) is 15.5. The molecule has 0 spiro atoms. The van der Waals surface area contributed by atoms with E-state index in [0.29, 0.717) is 0 Å². The van der Waals surface area contributed by atoms with Crippen molar-refractivity contribution in [1.82, 2.24) is 0 Å². The molecule has 1 atom stereocenters. The van der Waals surface area contributed by atoms with E-state index in [9.17, 15) is 0 Å². The van der Waals surface area contributed by atoms with Crippen molar-refractivity contribution in [3.63, 3.8) is 0 Å². The average molecular weight is 380 g/mol. The second kappa shape index (κ2) is 5.00. The third kappa shape index (κ3) is 1.99. The van der Waals surface area contributed by atoms with Crippen LogP contribution in [0, 0.1) is 0 Å². The number of benzene rings is 1. The molecule has 16 heavy (non-hydrogen) atoms. The molecule has 0 radical (unpaired) electrons. The molecule has 0 fully saturated rings. The normalized spacial score (nSPS) is 18.9. The van der Waals surface area contributed by atoms with Gasteiger partial charge in [-0.1, -0.05) is 0 Å². The maximum atomic E-state index is 2.55. The number of hydrogen-bond acceptors (Lipinski definition) is 0. The zero-order valence-corrected chi connectivity index (χ0v) is 14.4. The Bertz CT molecular complexity index is 415. The Balaban J connectivity index is 2.51. The summed E-state index contributed by atoms with van der Waals surface area (Å²) >= 11 is -1.36. The molecule has 0 nitrogen and oxygen atoms in total. The van der Waals surface area contributed by atoms with Gasteiger partial charge in [-0.2, -0.15) is 0 Å². The van der Waals surface area contributed by atoms with E-state index >= 15 is 0 Å². The molecule has 0 aliphatic heterocycles. The van der Waals surface area contributed by atoms with Crippen molar-refractivity contribution in [3.05, 3.63) is 41.0 Å². The van der Waals surface area contributed by atoms with Gasteiger partial charge in [0.25, 0.3) is 0 Å². The maximum absolute atomic E-state index is 2.55. The molecule has 1 heteroatoms. The van der Waals surface area contributed by atoms with Crippen molar-refractivity contribution in [3.8, 4) is 0 Å². The summed E-state index contributed by atoms with van der Waals surface area (Å²) in [6, 6.07) is 9.10. The molecule has 0 amide bonds. The molecule has 0 saturated carbocycles.